The molecular formula is C21H23ClN2O3S. The number of amides is 2. The molecule has 0 aliphatic carbocycles. The molecule has 0 aromatic heterocycles. The van der Waals surface area contributed by atoms with Gasteiger partial charge >= 0.3 is 0 Å². The van der Waals surface area contributed by atoms with Gasteiger partial charge in [-0.3, -0.25) is 9.59 Å². The Kier molecular flexibility index (Phi) is 7.23. The molecule has 1 fully saturated rings. The van der Waals surface area contributed by atoms with Crippen LogP contribution in [0.2, 0.25) is 5.02 Å². The monoisotopic (exact) mass is 418 g/mol. The average molecular weight is 419 g/mol. The zero-order valence-corrected chi connectivity index (χ0v) is 17.3. The van der Waals surface area contributed by atoms with Gasteiger partial charge in [0.15, 0.2) is 6.10 Å². The number of ether oxygens (including phenoxy) is 1. The normalized spacial score (nSPS) is 15.0. The number of hydrogen-bond donors (Lipinski definition) is 1. The number of anilines is 1. The number of carbonyl (C=O) groups is 2. The van der Waals surface area contributed by atoms with E-state index in [0.717, 1.165) is 30.2 Å². The summed E-state index contributed by atoms with van der Waals surface area (Å²) in [6.07, 6.45) is -0.288. The zero-order valence-electron chi connectivity index (χ0n) is 15.7. The number of carbonyl (C=O) groups excluding carboxylic acids is 2. The van der Waals surface area contributed by atoms with Gasteiger partial charge in [0.25, 0.3) is 5.91 Å². The summed E-state index contributed by atoms with van der Waals surface area (Å²) in [4.78, 5) is 26.6. The SMILES string of the molecule is CC(Oc1cccc(Cl)c1)C(=O)Nc1ccc(CC(=O)N2CCSCC2)cc1. The predicted molar refractivity (Wildman–Crippen MR) is 114 cm³/mol. The van der Waals surface area contributed by atoms with E-state index in [1.165, 1.54) is 0 Å². The van der Waals surface area contributed by atoms with Gasteiger partial charge < -0.3 is 15.0 Å². The molecule has 148 valence electrons. The molecule has 0 spiro atoms. The van der Waals surface area contributed by atoms with Gasteiger partial charge in [-0.15, -0.1) is 0 Å². The van der Waals surface area contributed by atoms with E-state index >= 15 is 0 Å². The summed E-state index contributed by atoms with van der Waals surface area (Å²) >= 11 is 7.81. The Balaban J connectivity index is 1.51. The molecule has 1 heterocycles. The van der Waals surface area contributed by atoms with Crippen LogP contribution in [0.3, 0.4) is 0 Å². The molecule has 0 bridgehead atoms. The maximum absolute atomic E-state index is 12.3. The van der Waals surface area contributed by atoms with Crippen molar-refractivity contribution in [2.24, 2.45) is 0 Å². The zero-order chi connectivity index (χ0) is 19.9. The first-order chi connectivity index (χ1) is 13.5. The molecule has 2 aromatic rings. The Morgan fingerprint density at radius 3 is 2.57 bits per heavy atom. The van der Waals surface area contributed by atoms with Crippen LogP contribution in [0.15, 0.2) is 48.5 Å². The van der Waals surface area contributed by atoms with Crippen LogP contribution in [0.1, 0.15) is 12.5 Å². The molecule has 1 N–H and O–H groups in total. The van der Waals surface area contributed by atoms with E-state index in [4.69, 9.17) is 16.3 Å². The summed E-state index contributed by atoms with van der Waals surface area (Å²) in [5.41, 5.74) is 1.60. The van der Waals surface area contributed by atoms with E-state index in [-0.39, 0.29) is 11.8 Å². The van der Waals surface area contributed by atoms with Crippen molar-refractivity contribution < 1.29 is 14.3 Å². The molecule has 2 aromatic carbocycles. The number of nitrogens with zero attached hydrogens (tertiary/aromatic N) is 1. The highest BCUT2D eigenvalue weighted by Gasteiger charge is 2.18. The fourth-order valence-electron chi connectivity index (χ4n) is 2.85. The van der Waals surface area contributed by atoms with Crippen LogP contribution < -0.4 is 10.1 Å². The van der Waals surface area contributed by atoms with E-state index in [1.807, 2.05) is 28.8 Å². The highest BCUT2D eigenvalue weighted by Crippen LogP contribution is 2.19. The lowest BCUT2D eigenvalue weighted by atomic mass is 10.1. The molecule has 2 amide bonds. The van der Waals surface area contributed by atoms with Gasteiger partial charge in [0, 0.05) is 35.3 Å². The van der Waals surface area contributed by atoms with Gasteiger partial charge in [0.2, 0.25) is 5.91 Å². The van der Waals surface area contributed by atoms with Crippen LogP contribution in [-0.4, -0.2) is 47.4 Å². The quantitative estimate of drug-likeness (QED) is 0.773. The maximum atomic E-state index is 12.3. The Hall–Kier alpha value is -2.18. The van der Waals surface area contributed by atoms with E-state index in [0.29, 0.717) is 22.9 Å². The standard InChI is InChI=1S/C21H23ClN2O3S/c1-15(27-19-4-2-3-17(22)14-19)21(26)23-18-7-5-16(6-8-18)13-20(25)24-9-11-28-12-10-24/h2-8,14-15H,9-13H2,1H3,(H,23,26). The van der Waals surface area contributed by atoms with Crippen molar-refractivity contribution in [3.63, 3.8) is 0 Å². The van der Waals surface area contributed by atoms with Gasteiger partial charge in [0.05, 0.1) is 6.42 Å². The average Bonchev–Trinajstić information content (AvgIpc) is 2.70. The molecule has 5 nitrogen and oxygen atoms in total. The van der Waals surface area contributed by atoms with Crippen molar-refractivity contribution in [3.8, 4) is 5.75 Å². The topological polar surface area (TPSA) is 58.6 Å². The highest BCUT2D eigenvalue weighted by atomic mass is 35.5. The van der Waals surface area contributed by atoms with E-state index < -0.39 is 6.10 Å². The molecule has 7 heteroatoms. The number of benzene rings is 2. The minimum absolute atomic E-state index is 0.153. The minimum atomic E-state index is -0.670. The second-order valence-corrected chi connectivity index (χ2v) is 8.23. The lowest BCUT2D eigenvalue weighted by Crippen LogP contribution is -2.38. The Morgan fingerprint density at radius 2 is 1.89 bits per heavy atom. The van der Waals surface area contributed by atoms with Gasteiger partial charge in [-0.25, -0.2) is 0 Å². The molecule has 3 rings (SSSR count). The molecule has 1 aliphatic rings. The third-order valence-corrected chi connectivity index (χ3v) is 5.60. The first-order valence-corrected chi connectivity index (χ1v) is 10.7. The van der Waals surface area contributed by atoms with Crippen LogP contribution in [0.4, 0.5) is 5.69 Å². The molecule has 1 atom stereocenters. The van der Waals surface area contributed by atoms with Gasteiger partial charge in [0.1, 0.15) is 5.75 Å². The highest BCUT2D eigenvalue weighted by molar-refractivity contribution is 7.99. The van der Waals surface area contributed by atoms with Crippen molar-refractivity contribution in [1.29, 1.82) is 0 Å². The molecule has 1 saturated heterocycles. The molecule has 1 unspecified atom stereocenters. The summed E-state index contributed by atoms with van der Waals surface area (Å²) < 4.78 is 5.62. The lowest BCUT2D eigenvalue weighted by Gasteiger charge is -2.26. The summed E-state index contributed by atoms with van der Waals surface area (Å²) in [6, 6.07) is 14.3. The van der Waals surface area contributed by atoms with E-state index in [2.05, 4.69) is 5.32 Å². The molecule has 0 radical (unpaired) electrons. The molecule has 0 saturated carbocycles. The number of rotatable bonds is 6. The smallest absolute Gasteiger partial charge is 0.265 e. The summed E-state index contributed by atoms with van der Waals surface area (Å²) in [6.45, 7) is 3.32. The van der Waals surface area contributed by atoms with Crippen LogP contribution in [0.25, 0.3) is 0 Å². The van der Waals surface area contributed by atoms with Crippen molar-refractivity contribution in [2.75, 3.05) is 29.9 Å². The van der Waals surface area contributed by atoms with Crippen molar-refractivity contribution in [2.45, 2.75) is 19.4 Å². The van der Waals surface area contributed by atoms with Crippen LogP contribution >= 0.6 is 23.4 Å². The molecule has 28 heavy (non-hydrogen) atoms. The Labute approximate surface area is 174 Å². The van der Waals surface area contributed by atoms with Crippen molar-refractivity contribution in [1.82, 2.24) is 4.90 Å². The van der Waals surface area contributed by atoms with Crippen LogP contribution in [0, 0.1) is 0 Å². The number of nitrogens with one attached hydrogen (secondary N) is 1. The van der Waals surface area contributed by atoms with Crippen molar-refractivity contribution >= 4 is 40.9 Å². The van der Waals surface area contributed by atoms with Gasteiger partial charge in [-0.1, -0.05) is 29.8 Å². The first kappa shape index (κ1) is 20.6. The fourth-order valence-corrected chi connectivity index (χ4v) is 3.93. The third kappa shape index (κ3) is 5.91. The summed E-state index contributed by atoms with van der Waals surface area (Å²) in [7, 11) is 0. The van der Waals surface area contributed by atoms with Gasteiger partial charge in [-0.2, -0.15) is 11.8 Å². The number of hydrogen-bond acceptors (Lipinski definition) is 4. The van der Waals surface area contributed by atoms with Crippen molar-refractivity contribution in [3.05, 3.63) is 59.1 Å². The summed E-state index contributed by atoms with van der Waals surface area (Å²) in [5.74, 6) is 2.45. The largest absolute Gasteiger partial charge is 0.481 e. The molecule has 1 aliphatic heterocycles. The van der Waals surface area contributed by atoms with Crippen LogP contribution in [0.5, 0.6) is 5.75 Å². The lowest BCUT2D eigenvalue weighted by molar-refractivity contribution is -0.130. The second-order valence-electron chi connectivity index (χ2n) is 6.57. The second kappa shape index (κ2) is 9.85. The predicted octanol–water partition coefficient (Wildman–Crippen LogP) is 3.86. The number of thioether (sulfide) groups is 1. The summed E-state index contributed by atoms with van der Waals surface area (Å²) in [5, 5.41) is 3.38. The minimum Gasteiger partial charge on any atom is -0.481 e. The van der Waals surface area contributed by atoms with E-state index in [1.54, 1.807) is 43.3 Å². The van der Waals surface area contributed by atoms with Crippen LogP contribution in [-0.2, 0) is 16.0 Å². The van der Waals surface area contributed by atoms with E-state index in [9.17, 15) is 9.59 Å². The maximum Gasteiger partial charge on any atom is 0.265 e. The Bertz CT molecular complexity index is 823. The molecular weight excluding hydrogens is 396 g/mol. The fraction of sp³-hybridized carbons (Fsp3) is 0.333. The number of halogens is 1. The van der Waals surface area contributed by atoms with Gasteiger partial charge in [-0.05, 0) is 42.8 Å². The third-order valence-electron chi connectivity index (χ3n) is 4.42. The first-order valence-electron chi connectivity index (χ1n) is 9.19. The Morgan fingerprint density at radius 1 is 1.18 bits per heavy atom.